The first-order valence-corrected chi connectivity index (χ1v) is 10.2. The fourth-order valence-corrected chi connectivity index (χ4v) is 3.99. The van der Waals surface area contributed by atoms with Gasteiger partial charge in [-0.2, -0.15) is 5.10 Å². The minimum Gasteiger partial charge on any atom is -0.293 e. The van der Waals surface area contributed by atoms with E-state index in [-0.39, 0.29) is 11.1 Å². The van der Waals surface area contributed by atoms with Crippen molar-refractivity contribution in [3.8, 4) is 11.1 Å². The molecule has 5 rings (SSSR count). The molecule has 0 saturated heterocycles. The Hall–Kier alpha value is -4.00. The van der Waals surface area contributed by atoms with Crippen molar-refractivity contribution >= 4 is 16.4 Å². The van der Waals surface area contributed by atoms with E-state index in [0.717, 1.165) is 28.6 Å². The second kappa shape index (κ2) is 7.36. The molecule has 0 spiro atoms. The van der Waals surface area contributed by atoms with Crippen molar-refractivity contribution in [2.45, 2.75) is 26.3 Å². The molecule has 2 aromatic carbocycles. The molecular formula is C24H21N5O2. The van der Waals surface area contributed by atoms with Crippen LogP contribution >= 0.6 is 0 Å². The summed E-state index contributed by atoms with van der Waals surface area (Å²) in [6, 6.07) is 18.2. The quantitative estimate of drug-likeness (QED) is 0.490. The molecule has 0 bridgehead atoms. The van der Waals surface area contributed by atoms with Gasteiger partial charge in [0.15, 0.2) is 5.65 Å². The zero-order chi connectivity index (χ0) is 21.5. The molecule has 0 aliphatic heterocycles. The normalized spacial score (nSPS) is 12.5. The van der Waals surface area contributed by atoms with E-state index in [1.54, 1.807) is 12.3 Å². The van der Waals surface area contributed by atoms with Crippen LogP contribution in [0.2, 0.25) is 0 Å². The molecular weight excluding hydrogens is 390 g/mol. The lowest BCUT2D eigenvalue weighted by molar-refractivity contribution is 0.524. The number of aromatic nitrogens is 5. The highest BCUT2D eigenvalue weighted by Gasteiger charge is 2.20. The van der Waals surface area contributed by atoms with E-state index in [9.17, 15) is 9.59 Å². The van der Waals surface area contributed by atoms with Gasteiger partial charge in [-0.15, -0.1) is 0 Å². The molecule has 31 heavy (non-hydrogen) atoms. The Labute approximate surface area is 177 Å². The lowest BCUT2D eigenvalue weighted by Crippen LogP contribution is -2.28. The lowest BCUT2D eigenvalue weighted by Gasteiger charge is -2.14. The third-order valence-electron chi connectivity index (χ3n) is 5.64. The Morgan fingerprint density at radius 2 is 1.77 bits per heavy atom. The fourth-order valence-electron chi connectivity index (χ4n) is 3.99. The summed E-state index contributed by atoms with van der Waals surface area (Å²) in [5.41, 5.74) is 3.42. The number of hydrogen-bond acceptors (Lipinski definition) is 4. The van der Waals surface area contributed by atoms with Crippen molar-refractivity contribution < 1.29 is 0 Å². The zero-order valence-electron chi connectivity index (χ0n) is 17.2. The van der Waals surface area contributed by atoms with Crippen molar-refractivity contribution in [1.82, 2.24) is 24.4 Å². The van der Waals surface area contributed by atoms with Gasteiger partial charge < -0.3 is 0 Å². The number of aromatic amines is 1. The third kappa shape index (κ3) is 3.06. The van der Waals surface area contributed by atoms with Crippen molar-refractivity contribution in [1.29, 1.82) is 0 Å². The molecule has 1 atom stereocenters. The first kappa shape index (κ1) is 19.0. The topological polar surface area (TPSA) is 85.0 Å². The number of nitrogens with zero attached hydrogens (tertiary/aromatic N) is 4. The summed E-state index contributed by atoms with van der Waals surface area (Å²) >= 11 is 0. The number of rotatable bonds is 4. The van der Waals surface area contributed by atoms with Crippen LogP contribution in [0, 0.1) is 0 Å². The van der Waals surface area contributed by atoms with Gasteiger partial charge in [0.05, 0.1) is 23.3 Å². The number of fused-ring (bicyclic) bond motifs is 2. The Morgan fingerprint density at radius 3 is 2.55 bits per heavy atom. The molecule has 0 saturated carbocycles. The van der Waals surface area contributed by atoms with Gasteiger partial charge in [-0.3, -0.25) is 14.7 Å². The third-order valence-corrected chi connectivity index (χ3v) is 5.64. The molecule has 0 aliphatic rings. The van der Waals surface area contributed by atoms with E-state index >= 15 is 0 Å². The monoisotopic (exact) mass is 411 g/mol. The van der Waals surface area contributed by atoms with Crippen LogP contribution in [0.4, 0.5) is 0 Å². The average molecular weight is 411 g/mol. The molecule has 7 nitrogen and oxygen atoms in total. The fraction of sp³-hybridized carbons (Fsp3) is 0.167. The largest absolute Gasteiger partial charge is 0.293 e. The van der Waals surface area contributed by atoms with Gasteiger partial charge >= 0.3 is 0 Å². The van der Waals surface area contributed by atoms with Crippen molar-refractivity contribution in [3.63, 3.8) is 0 Å². The van der Waals surface area contributed by atoms with Gasteiger partial charge in [0.1, 0.15) is 0 Å². The van der Waals surface area contributed by atoms with Crippen LogP contribution in [0.1, 0.15) is 31.3 Å². The van der Waals surface area contributed by atoms with Crippen LogP contribution < -0.4 is 11.1 Å². The molecule has 0 fully saturated rings. The SMILES string of the molecule is CCc1[nH]n2c(=O)cc(C(C)n3ncc4ccccc4c3=O)nc2c1-c1ccccc1. The van der Waals surface area contributed by atoms with Gasteiger partial charge in [-0.05, 0) is 25.0 Å². The van der Waals surface area contributed by atoms with E-state index < -0.39 is 6.04 Å². The maximum absolute atomic E-state index is 13.0. The second-order valence-corrected chi connectivity index (χ2v) is 7.52. The number of aryl methyl sites for hydroxylation is 1. The lowest BCUT2D eigenvalue weighted by atomic mass is 10.0. The Bertz CT molecular complexity index is 1530. The highest BCUT2D eigenvalue weighted by molar-refractivity contribution is 5.81. The van der Waals surface area contributed by atoms with Crippen LogP contribution in [0.3, 0.4) is 0 Å². The molecule has 3 aromatic heterocycles. The van der Waals surface area contributed by atoms with E-state index in [2.05, 4.69) is 10.2 Å². The minimum absolute atomic E-state index is 0.209. The van der Waals surface area contributed by atoms with Crippen LogP contribution in [-0.2, 0) is 6.42 Å². The number of benzene rings is 2. The van der Waals surface area contributed by atoms with Crippen molar-refractivity contribution in [2.24, 2.45) is 0 Å². The van der Waals surface area contributed by atoms with Crippen LogP contribution in [0.5, 0.6) is 0 Å². The van der Waals surface area contributed by atoms with Gasteiger partial charge in [0, 0.05) is 22.7 Å². The first-order valence-electron chi connectivity index (χ1n) is 10.2. The zero-order valence-corrected chi connectivity index (χ0v) is 17.2. The minimum atomic E-state index is -0.501. The van der Waals surface area contributed by atoms with Gasteiger partial charge in [0.25, 0.3) is 11.1 Å². The highest BCUT2D eigenvalue weighted by atomic mass is 16.1. The van der Waals surface area contributed by atoms with E-state index in [1.807, 2.05) is 62.4 Å². The van der Waals surface area contributed by atoms with Gasteiger partial charge in [0.2, 0.25) is 0 Å². The average Bonchev–Trinajstić information content (AvgIpc) is 3.19. The molecule has 0 radical (unpaired) electrons. The predicted octanol–water partition coefficient (Wildman–Crippen LogP) is 3.57. The molecule has 154 valence electrons. The highest BCUT2D eigenvalue weighted by Crippen LogP contribution is 2.28. The summed E-state index contributed by atoms with van der Waals surface area (Å²) in [6.45, 7) is 3.86. The molecule has 1 N–H and O–H groups in total. The first-order chi connectivity index (χ1) is 15.1. The summed E-state index contributed by atoms with van der Waals surface area (Å²) in [4.78, 5) is 30.8. The van der Waals surface area contributed by atoms with Crippen molar-refractivity contribution in [2.75, 3.05) is 0 Å². The summed E-state index contributed by atoms with van der Waals surface area (Å²) in [5.74, 6) is 0. The Morgan fingerprint density at radius 1 is 1.03 bits per heavy atom. The number of H-pyrrole nitrogens is 1. The van der Waals surface area contributed by atoms with Crippen LogP contribution in [0.15, 0.2) is 76.4 Å². The molecule has 5 aromatic rings. The molecule has 0 amide bonds. The number of hydrogen-bond donors (Lipinski definition) is 1. The van der Waals surface area contributed by atoms with E-state index in [0.29, 0.717) is 16.7 Å². The van der Waals surface area contributed by atoms with E-state index in [4.69, 9.17) is 4.98 Å². The summed E-state index contributed by atoms with van der Waals surface area (Å²) in [5, 5.41) is 8.89. The summed E-state index contributed by atoms with van der Waals surface area (Å²) < 4.78 is 2.85. The molecule has 0 aliphatic carbocycles. The molecule has 7 heteroatoms. The predicted molar refractivity (Wildman–Crippen MR) is 120 cm³/mol. The number of nitrogens with one attached hydrogen (secondary N) is 1. The van der Waals surface area contributed by atoms with Gasteiger partial charge in [-0.1, -0.05) is 55.5 Å². The Kier molecular flexibility index (Phi) is 4.51. The summed E-state index contributed by atoms with van der Waals surface area (Å²) in [6.07, 6.45) is 2.39. The molecule has 3 heterocycles. The van der Waals surface area contributed by atoms with Crippen LogP contribution in [0.25, 0.3) is 27.5 Å². The van der Waals surface area contributed by atoms with Gasteiger partial charge in [-0.25, -0.2) is 14.2 Å². The van der Waals surface area contributed by atoms with E-state index in [1.165, 1.54) is 15.3 Å². The maximum Gasteiger partial charge on any atom is 0.275 e. The van der Waals surface area contributed by atoms with Crippen molar-refractivity contribution in [3.05, 3.63) is 99.0 Å². The maximum atomic E-state index is 13.0. The second-order valence-electron chi connectivity index (χ2n) is 7.52. The standard InChI is InChI=1S/C24H21N5O2/c1-3-19-22(16-9-5-4-6-10-16)23-26-20(13-21(30)29(23)27-19)15(2)28-24(31)18-12-8-7-11-17(18)14-25-28/h4-15,27H,3H2,1-2H3. The Balaban J connectivity index is 1.72. The molecule has 1 unspecified atom stereocenters. The van der Waals surface area contributed by atoms with Crippen LogP contribution in [-0.4, -0.2) is 24.4 Å². The summed E-state index contributed by atoms with van der Waals surface area (Å²) in [7, 11) is 0. The smallest absolute Gasteiger partial charge is 0.275 e.